The summed E-state index contributed by atoms with van der Waals surface area (Å²) in [5.74, 6) is 1.12. The van der Waals surface area contributed by atoms with Crippen LogP contribution < -0.4 is 10.1 Å². The van der Waals surface area contributed by atoms with Crippen molar-refractivity contribution in [2.75, 3.05) is 0 Å². The van der Waals surface area contributed by atoms with E-state index in [-0.39, 0.29) is 5.91 Å². The predicted octanol–water partition coefficient (Wildman–Crippen LogP) is 3.33. The monoisotopic (exact) mass is 293 g/mol. The molecule has 106 valence electrons. The predicted molar refractivity (Wildman–Crippen MR) is 76.8 cm³/mol. The van der Waals surface area contributed by atoms with Gasteiger partial charge in [0.2, 0.25) is 0 Å². The molecule has 1 aromatic carbocycles. The molecule has 1 heterocycles. The first-order valence-corrected chi connectivity index (χ1v) is 6.67. The Bertz CT molecular complexity index is 581. The fourth-order valence-corrected chi connectivity index (χ4v) is 1.80. The highest BCUT2D eigenvalue weighted by atomic mass is 35.5. The lowest BCUT2D eigenvalue weighted by molar-refractivity contribution is -0.127. The Balaban J connectivity index is 1.88. The van der Waals surface area contributed by atoms with E-state index in [9.17, 15) is 4.79 Å². The summed E-state index contributed by atoms with van der Waals surface area (Å²) < 4.78 is 10.7. The Hall–Kier alpha value is -1.94. The van der Waals surface area contributed by atoms with E-state index in [0.717, 1.165) is 5.56 Å². The van der Waals surface area contributed by atoms with Crippen molar-refractivity contribution >= 4 is 17.5 Å². The Morgan fingerprint density at radius 1 is 1.45 bits per heavy atom. The van der Waals surface area contributed by atoms with Gasteiger partial charge in [0.05, 0.1) is 12.8 Å². The van der Waals surface area contributed by atoms with Gasteiger partial charge in [0.15, 0.2) is 6.10 Å². The third-order valence-corrected chi connectivity index (χ3v) is 3.25. The smallest absolute Gasteiger partial charge is 0.261 e. The SMILES string of the molecule is Cc1cc(O[C@@H](C)C(=O)NCc2ccco2)ccc1Cl. The average molecular weight is 294 g/mol. The highest BCUT2D eigenvalue weighted by Gasteiger charge is 2.15. The fourth-order valence-electron chi connectivity index (χ4n) is 1.68. The number of hydrogen-bond donors (Lipinski definition) is 1. The molecule has 1 atom stereocenters. The number of carbonyl (C=O) groups is 1. The summed E-state index contributed by atoms with van der Waals surface area (Å²) >= 11 is 5.94. The summed E-state index contributed by atoms with van der Waals surface area (Å²) in [4.78, 5) is 11.9. The minimum absolute atomic E-state index is 0.200. The van der Waals surface area contributed by atoms with Crippen molar-refractivity contribution in [3.63, 3.8) is 0 Å². The van der Waals surface area contributed by atoms with Gasteiger partial charge in [-0.15, -0.1) is 0 Å². The van der Waals surface area contributed by atoms with Crippen molar-refractivity contribution in [2.45, 2.75) is 26.5 Å². The number of ether oxygens (including phenoxy) is 1. The van der Waals surface area contributed by atoms with Crippen molar-refractivity contribution in [3.8, 4) is 5.75 Å². The van der Waals surface area contributed by atoms with Crippen LogP contribution in [-0.4, -0.2) is 12.0 Å². The summed E-state index contributed by atoms with van der Waals surface area (Å²) in [6.07, 6.45) is 0.975. The number of nitrogens with one attached hydrogen (secondary N) is 1. The number of halogens is 1. The van der Waals surface area contributed by atoms with Crippen LogP contribution in [0.1, 0.15) is 18.2 Å². The summed E-state index contributed by atoms with van der Waals surface area (Å²) in [5, 5.41) is 3.42. The Morgan fingerprint density at radius 2 is 2.25 bits per heavy atom. The minimum Gasteiger partial charge on any atom is -0.481 e. The lowest BCUT2D eigenvalue weighted by atomic mass is 10.2. The van der Waals surface area contributed by atoms with E-state index in [0.29, 0.717) is 23.1 Å². The van der Waals surface area contributed by atoms with Gasteiger partial charge in [0.1, 0.15) is 11.5 Å². The number of hydrogen-bond acceptors (Lipinski definition) is 3. The third-order valence-electron chi connectivity index (χ3n) is 2.83. The van der Waals surface area contributed by atoms with Crippen molar-refractivity contribution < 1.29 is 13.9 Å². The minimum atomic E-state index is -0.592. The molecule has 2 aromatic rings. The van der Waals surface area contributed by atoms with Crippen LogP contribution in [0.4, 0.5) is 0 Å². The molecule has 1 N–H and O–H groups in total. The maximum absolute atomic E-state index is 11.9. The lowest BCUT2D eigenvalue weighted by Crippen LogP contribution is -2.35. The summed E-state index contributed by atoms with van der Waals surface area (Å²) in [7, 11) is 0. The van der Waals surface area contributed by atoms with E-state index in [1.165, 1.54) is 0 Å². The number of benzene rings is 1. The Morgan fingerprint density at radius 3 is 2.90 bits per heavy atom. The van der Waals surface area contributed by atoms with Gasteiger partial charge in [0, 0.05) is 5.02 Å². The Kier molecular flexibility index (Phi) is 4.69. The standard InChI is InChI=1S/C15H16ClNO3/c1-10-8-12(5-6-14(10)16)20-11(2)15(18)17-9-13-4-3-7-19-13/h3-8,11H,9H2,1-2H3,(H,17,18)/t11-/m0/s1. The van der Waals surface area contributed by atoms with Crippen molar-refractivity contribution in [1.82, 2.24) is 5.32 Å². The molecule has 20 heavy (non-hydrogen) atoms. The topological polar surface area (TPSA) is 51.5 Å². The molecule has 2 rings (SSSR count). The fraction of sp³-hybridized carbons (Fsp3) is 0.267. The second-order valence-corrected chi connectivity index (χ2v) is 4.88. The zero-order valence-electron chi connectivity index (χ0n) is 11.4. The molecular weight excluding hydrogens is 278 g/mol. The molecule has 0 radical (unpaired) electrons. The van der Waals surface area contributed by atoms with E-state index in [2.05, 4.69) is 5.32 Å². The third kappa shape index (κ3) is 3.78. The molecule has 0 saturated heterocycles. The first-order chi connectivity index (χ1) is 9.56. The maximum atomic E-state index is 11.9. The molecule has 1 amide bonds. The van der Waals surface area contributed by atoms with E-state index < -0.39 is 6.10 Å². The van der Waals surface area contributed by atoms with Crippen LogP contribution >= 0.6 is 11.6 Å². The van der Waals surface area contributed by atoms with Crippen LogP contribution in [0.2, 0.25) is 5.02 Å². The largest absolute Gasteiger partial charge is 0.481 e. The van der Waals surface area contributed by atoms with Crippen molar-refractivity contribution in [3.05, 3.63) is 52.9 Å². The highest BCUT2D eigenvalue weighted by Crippen LogP contribution is 2.21. The van der Waals surface area contributed by atoms with Gasteiger partial charge in [-0.05, 0) is 49.7 Å². The molecule has 0 fully saturated rings. The highest BCUT2D eigenvalue weighted by molar-refractivity contribution is 6.31. The quantitative estimate of drug-likeness (QED) is 0.920. The van der Waals surface area contributed by atoms with E-state index >= 15 is 0 Å². The van der Waals surface area contributed by atoms with Gasteiger partial charge in [0.25, 0.3) is 5.91 Å². The molecule has 0 aliphatic carbocycles. The van der Waals surface area contributed by atoms with Crippen LogP contribution in [0.5, 0.6) is 5.75 Å². The van der Waals surface area contributed by atoms with Crippen LogP contribution in [0.3, 0.4) is 0 Å². The van der Waals surface area contributed by atoms with Crippen LogP contribution in [0.25, 0.3) is 0 Å². The van der Waals surface area contributed by atoms with Gasteiger partial charge in [-0.2, -0.15) is 0 Å². The van der Waals surface area contributed by atoms with Crippen LogP contribution in [0.15, 0.2) is 41.0 Å². The normalized spacial score (nSPS) is 11.9. The van der Waals surface area contributed by atoms with Crippen molar-refractivity contribution in [2.24, 2.45) is 0 Å². The molecule has 0 aliphatic heterocycles. The zero-order chi connectivity index (χ0) is 14.5. The van der Waals surface area contributed by atoms with Gasteiger partial charge >= 0.3 is 0 Å². The van der Waals surface area contributed by atoms with E-state index in [1.807, 2.05) is 6.92 Å². The van der Waals surface area contributed by atoms with Gasteiger partial charge < -0.3 is 14.5 Å². The van der Waals surface area contributed by atoms with E-state index in [1.54, 1.807) is 43.5 Å². The Labute approximate surface area is 122 Å². The molecule has 0 aliphatic rings. The molecule has 4 nitrogen and oxygen atoms in total. The second kappa shape index (κ2) is 6.48. The summed E-state index contributed by atoms with van der Waals surface area (Å²) in [6, 6.07) is 8.87. The second-order valence-electron chi connectivity index (χ2n) is 4.47. The summed E-state index contributed by atoms with van der Waals surface area (Å²) in [6.45, 7) is 3.93. The van der Waals surface area contributed by atoms with Crippen LogP contribution in [-0.2, 0) is 11.3 Å². The summed E-state index contributed by atoms with van der Waals surface area (Å²) in [5.41, 5.74) is 0.910. The average Bonchev–Trinajstić information content (AvgIpc) is 2.93. The van der Waals surface area contributed by atoms with E-state index in [4.69, 9.17) is 20.8 Å². The molecule has 0 spiro atoms. The number of aryl methyl sites for hydroxylation is 1. The molecule has 5 heteroatoms. The van der Waals surface area contributed by atoms with Gasteiger partial charge in [-0.1, -0.05) is 11.6 Å². The van der Waals surface area contributed by atoms with Gasteiger partial charge in [-0.25, -0.2) is 0 Å². The number of rotatable bonds is 5. The lowest BCUT2D eigenvalue weighted by Gasteiger charge is -2.15. The van der Waals surface area contributed by atoms with Gasteiger partial charge in [-0.3, -0.25) is 4.79 Å². The van der Waals surface area contributed by atoms with Crippen molar-refractivity contribution in [1.29, 1.82) is 0 Å². The molecule has 1 aromatic heterocycles. The number of furan rings is 1. The number of carbonyl (C=O) groups excluding carboxylic acids is 1. The first-order valence-electron chi connectivity index (χ1n) is 6.29. The molecule has 0 unspecified atom stereocenters. The maximum Gasteiger partial charge on any atom is 0.261 e. The molecular formula is C15H16ClNO3. The molecule has 0 bridgehead atoms. The zero-order valence-corrected chi connectivity index (χ0v) is 12.1. The first kappa shape index (κ1) is 14.5. The van der Waals surface area contributed by atoms with Crippen LogP contribution in [0, 0.1) is 6.92 Å². The molecule has 0 saturated carbocycles. The number of amides is 1.